The van der Waals surface area contributed by atoms with E-state index in [-0.39, 0.29) is 17.6 Å². The number of likely N-dealkylation sites (tertiary alicyclic amines) is 1. The number of hydrogen-bond acceptors (Lipinski definition) is 3. The number of nitrogens with zero attached hydrogens (tertiary/aromatic N) is 2. The number of H-pyrrole nitrogens is 1. The smallest absolute Gasteiger partial charge is 0.258 e. The van der Waals surface area contributed by atoms with Crippen LogP contribution in [0.1, 0.15) is 66.5 Å². The maximum Gasteiger partial charge on any atom is 0.258 e. The zero-order valence-corrected chi connectivity index (χ0v) is 15.1. The Morgan fingerprint density at radius 2 is 2.20 bits per heavy atom. The first-order chi connectivity index (χ1) is 11.9. The third-order valence-electron chi connectivity index (χ3n) is 5.15. The third-order valence-corrected chi connectivity index (χ3v) is 5.15. The summed E-state index contributed by atoms with van der Waals surface area (Å²) in [6.07, 6.45) is 3.95. The average Bonchev–Trinajstić information content (AvgIpc) is 3.15. The van der Waals surface area contributed by atoms with E-state index in [1.807, 2.05) is 30.0 Å². The van der Waals surface area contributed by atoms with Gasteiger partial charge in [-0.1, -0.05) is 12.1 Å². The Balaban J connectivity index is 1.67. The van der Waals surface area contributed by atoms with Crippen LogP contribution in [0.2, 0.25) is 0 Å². The van der Waals surface area contributed by atoms with Gasteiger partial charge in [0.1, 0.15) is 11.4 Å². The lowest BCUT2D eigenvalue weighted by molar-refractivity contribution is 0.0596. The number of fused-ring (bicyclic) bond motifs is 1. The van der Waals surface area contributed by atoms with Crippen LogP contribution in [0.15, 0.2) is 24.3 Å². The number of benzene rings is 1. The molecular formula is C20H25N3O2. The predicted molar refractivity (Wildman–Crippen MR) is 95.8 cm³/mol. The van der Waals surface area contributed by atoms with Gasteiger partial charge in [-0.05, 0) is 57.7 Å². The summed E-state index contributed by atoms with van der Waals surface area (Å²) in [6.45, 7) is 6.89. The lowest BCUT2D eigenvalue weighted by atomic mass is 9.96. The molecule has 25 heavy (non-hydrogen) atoms. The molecule has 2 aliphatic heterocycles. The molecule has 132 valence electrons. The van der Waals surface area contributed by atoms with Crippen molar-refractivity contribution >= 4 is 5.91 Å². The number of amides is 1. The second kappa shape index (κ2) is 5.90. The van der Waals surface area contributed by atoms with Crippen LogP contribution in [0.3, 0.4) is 0 Å². The summed E-state index contributed by atoms with van der Waals surface area (Å²) < 4.78 is 6.11. The number of carbonyl (C=O) groups excluding carboxylic acids is 1. The molecule has 3 heterocycles. The van der Waals surface area contributed by atoms with Crippen molar-refractivity contribution in [2.75, 3.05) is 6.54 Å². The molecule has 1 aromatic heterocycles. The van der Waals surface area contributed by atoms with Gasteiger partial charge in [0.15, 0.2) is 0 Å². The van der Waals surface area contributed by atoms with Crippen LogP contribution in [-0.4, -0.2) is 33.2 Å². The summed E-state index contributed by atoms with van der Waals surface area (Å²) in [5.41, 5.74) is 3.54. The Bertz CT molecular complexity index is 809. The van der Waals surface area contributed by atoms with Gasteiger partial charge in [0.2, 0.25) is 0 Å². The van der Waals surface area contributed by atoms with Crippen LogP contribution < -0.4 is 4.74 Å². The van der Waals surface area contributed by atoms with Gasteiger partial charge in [-0.15, -0.1) is 0 Å². The molecule has 4 rings (SSSR count). The largest absolute Gasteiger partial charge is 0.486 e. The van der Waals surface area contributed by atoms with Crippen LogP contribution in [-0.2, 0) is 6.42 Å². The Morgan fingerprint density at radius 1 is 1.36 bits per heavy atom. The van der Waals surface area contributed by atoms with Crippen molar-refractivity contribution < 1.29 is 9.53 Å². The first kappa shape index (κ1) is 16.2. The van der Waals surface area contributed by atoms with Crippen molar-refractivity contribution in [2.45, 2.75) is 58.1 Å². The molecule has 2 aliphatic rings. The van der Waals surface area contributed by atoms with E-state index in [0.717, 1.165) is 54.9 Å². The van der Waals surface area contributed by atoms with E-state index < -0.39 is 0 Å². The number of piperidine rings is 1. The monoisotopic (exact) mass is 339 g/mol. The van der Waals surface area contributed by atoms with Crippen molar-refractivity contribution in [2.24, 2.45) is 0 Å². The summed E-state index contributed by atoms with van der Waals surface area (Å²) in [4.78, 5) is 15.3. The van der Waals surface area contributed by atoms with E-state index in [9.17, 15) is 4.79 Å². The summed E-state index contributed by atoms with van der Waals surface area (Å²) in [5.74, 6) is 0.819. The molecule has 1 atom stereocenters. The molecule has 1 unspecified atom stereocenters. The Kier molecular flexibility index (Phi) is 3.82. The van der Waals surface area contributed by atoms with Gasteiger partial charge in [0.05, 0.1) is 17.3 Å². The van der Waals surface area contributed by atoms with Crippen molar-refractivity contribution in [3.8, 4) is 5.75 Å². The Morgan fingerprint density at radius 3 is 2.96 bits per heavy atom. The number of aryl methyl sites for hydroxylation is 1. The fourth-order valence-corrected chi connectivity index (χ4v) is 4.03. The number of carbonyl (C=O) groups is 1. The quantitative estimate of drug-likeness (QED) is 0.905. The van der Waals surface area contributed by atoms with Crippen molar-refractivity contribution in [1.82, 2.24) is 15.1 Å². The van der Waals surface area contributed by atoms with E-state index in [1.54, 1.807) is 0 Å². The Hall–Kier alpha value is -2.30. The van der Waals surface area contributed by atoms with Gasteiger partial charge in [-0.3, -0.25) is 9.89 Å². The molecule has 0 saturated carbocycles. The minimum atomic E-state index is -0.251. The van der Waals surface area contributed by atoms with Gasteiger partial charge in [0, 0.05) is 18.7 Å². The number of para-hydroxylation sites is 1. The lowest BCUT2D eigenvalue weighted by Gasteiger charge is -2.35. The molecule has 0 spiro atoms. The van der Waals surface area contributed by atoms with Crippen LogP contribution >= 0.6 is 0 Å². The molecule has 1 N–H and O–H groups in total. The van der Waals surface area contributed by atoms with E-state index in [1.165, 1.54) is 0 Å². The molecule has 1 fully saturated rings. The number of rotatable bonds is 2. The number of aromatic amines is 1. The van der Waals surface area contributed by atoms with Crippen LogP contribution in [0.4, 0.5) is 0 Å². The second-order valence-electron chi connectivity index (χ2n) is 7.82. The summed E-state index contributed by atoms with van der Waals surface area (Å²) in [5, 5.41) is 7.42. The van der Waals surface area contributed by atoms with Gasteiger partial charge < -0.3 is 9.64 Å². The number of nitrogens with one attached hydrogen (secondary N) is 1. The van der Waals surface area contributed by atoms with Gasteiger partial charge in [-0.2, -0.15) is 5.10 Å². The molecule has 5 nitrogen and oxygen atoms in total. The lowest BCUT2D eigenvalue weighted by Crippen LogP contribution is -2.39. The fraction of sp³-hybridized carbons (Fsp3) is 0.500. The first-order valence-corrected chi connectivity index (χ1v) is 9.08. The summed E-state index contributed by atoms with van der Waals surface area (Å²) in [7, 11) is 0. The van der Waals surface area contributed by atoms with Gasteiger partial charge >= 0.3 is 0 Å². The third kappa shape index (κ3) is 2.92. The Labute approximate surface area is 148 Å². The average molecular weight is 339 g/mol. The van der Waals surface area contributed by atoms with Crippen LogP contribution in [0.25, 0.3) is 0 Å². The van der Waals surface area contributed by atoms with E-state index in [4.69, 9.17) is 4.74 Å². The highest BCUT2D eigenvalue weighted by atomic mass is 16.5. The van der Waals surface area contributed by atoms with Crippen molar-refractivity contribution in [3.05, 3.63) is 46.8 Å². The highest BCUT2D eigenvalue weighted by Gasteiger charge is 2.36. The predicted octanol–water partition coefficient (Wildman–Crippen LogP) is 3.80. The number of ether oxygens (including phenoxy) is 1. The minimum absolute atomic E-state index is 0.0384. The topological polar surface area (TPSA) is 58.2 Å². The molecule has 1 aromatic carbocycles. The molecule has 1 saturated heterocycles. The normalized spacial score (nSPS) is 21.7. The fourth-order valence-electron chi connectivity index (χ4n) is 4.03. The molecule has 0 bridgehead atoms. The number of hydrogen-bond donors (Lipinski definition) is 1. The summed E-state index contributed by atoms with van der Waals surface area (Å²) >= 11 is 0. The highest BCUT2D eigenvalue weighted by Crippen LogP contribution is 2.40. The maximum absolute atomic E-state index is 13.4. The van der Waals surface area contributed by atoms with E-state index in [2.05, 4.69) is 30.1 Å². The van der Waals surface area contributed by atoms with Crippen LogP contribution in [0.5, 0.6) is 5.75 Å². The number of aromatic nitrogens is 2. The molecule has 1 amide bonds. The standard InChI is InChI=1S/C20H25N3O2/c1-13-11-16(22-21-13)17-9-4-5-10-23(17)19(24)15-8-6-7-14-12-20(2,3)25-18(14)15/h6-8,11,17H,4-5,9-10,12H2,1-3H3,(H,21,22). The second-order valence-corrected chi connectivity index (χ2v) is 7.82. The van der Waals surface area contributed by atoms with Gasteiger partial charge in [-0.25, -0.2) is 0 Å². The maximum atomic E-state index is 13.4. The van der Waals surface area contributed by atoms with Crippen LogP contribution in [0, 0.1) is 6.92 Å². The molecular weight excluding hydrogens is 314 g/mol. The van der Waals surface area contributed by atoms with Gasteiger partial charge in [0.25, 0.3) is 5.91 Å². The first-order valence-electron chi connectivity index (χ1n) is 9.08. The van der Waals surface area contributed by atoms with E-state index >= 15 is 0 Å². The molecule has 0 radical (unpaired) electrons. The van der Waals surface area contributed by atoms with E-state index in [0.29, 0.717) is 5.56 Å². The highest BCUT2D eigenvalue weighted by molar-refractivity contribution is 5.98. The SMILES string of the molecule is Cc1cc(C2CCCCN2C(=O)c2cccc3c2OC(C)(C)C3)n[nH]1. The molecule has 5 heteroatoms. The van der Waals surface area contributed by atoms with Crippen molar-refractivity contribution in [3.63, 3.8) is 0 Å². The minimum Gasteiger partial charge on any atom is -0.486 e. The summed E-state index contributed by atoms with van der Waals surface area (Å²) in [6, 6.07) is 8.01. The molecule has 0 aliphatic carbocycles. The zero-order valence-electron chi connectivity index (χ0n) is 15.1. The van der Waals surface area contributed by atoms with Crippen molar-refractivity contribution in [1.29, 1.82) is 0 Å². The molecule has 2 aromatic rings. The zero-order chi connectivity index (χ0) is 17.6.